The number of thiophene rings is 1. The fraction of sp³-hybridized carbons (Fsp3) is 0.167. The molecule has 0 saturated carbocycles. The van der Waals surface area contributed by atoms with Crippen molar-refractivity contribution < 1.29 is 19.2 Å². The van der Waals surface area contributed by atoms with Crippen LogP contribution in [0.1, 0.15) is 17.9 Å². The lowest BCUT2D eigenvalue weighted by Crippen LogP contribution is -1.90. The van der Waals surface area contributed by atoms with Crippen LogP contribution in [0.4, 0.5) is 10.1 Å². The lowest BCUT2D eigenvalue weighted by Gasteiger charge is -2.03. The molecule has 1 atom stereocenters. The molecule has 0 bridgehead atoms. The van der Waals surface area contributed by atoms with E-state index in [4.69, 9.17) is 16.3 Å². The molecule has 0 saturated heterocycles. The Labute approximate surface area is 122 Å². The smallest absolute Gasteiger partial charge is 0.323 e. The van der Waals surface area contributed by atoms with Crippen LogP contribution in [0.5, 0.6) is 10.8 Å². The number of hydrogen-bond acceptors (Lipinski definition) is 5. The third-order valence-electron chi connectivity index (χ3n) is 2.41. The van der Waals surface area contributed by atoms with E-state index in [1.807, 2.05) is 0 Å². The predicted molar refractivity (Wildman–Crippen MR) is 73.1 cm³/mol. The second-order valence-electron chi connectivity index (χ2n) is 3.93. The van der Waals surface area contributed by atoms with Crippen molar-refractivity contribution in [3.05, 3.63) is 50.1 Å². The van der Waals surface area contributed by atoms with Gasteiger partial charge >= 0.3 is 5.69 Å². The molecule has 8 heteroatoms. The Hall–Kier alpha value is -1.70. The molecular weight excluding hydrogens is 309 g/mol. The van der Waals surface area contributed by atoms with Gasteiger partial charge in [0.05, 0.1) is 16.0 Å². The Morgan fingerprint density at radius 2 is 2.20 bits per heavy atom. The van der Waals surface area contributed by atoms with Crippen molar-refractivity contribution in [3.8, 4) is 10.8 Å². The first kappa shape index (κ1) is 14.7. The van der Waals surface area contributed by atoms with Crippen LogP contribution in [-0.2, 0) is 0 Å². The van der Waals surface area contributed by atoms with E-state index in [-0.39, 0.29) is 21.5 Å². The lowest BCUT2D eigenvalue weighted by molar-refractivity contribution is -0.385. The Balaban J connectivity index is 2.36. The number of halogens is 2. The summed E-state index contributed by atoms with van der Waals surface area (Å²) in [5.41, 5.74) is -0.277. The predicted octanol–water partition coefficient (Wildman–Crippen LogP) is 4.29. The van der Waals surface area contributed by atoms with E-state index in [2.05, 4.69) is 0 Å². The molecule has 1 aromatic heterocycles. The first-order chi connectivity index (χ1) is 9.38. The standard InChI is InChI=1S/C12H9ClFNO4S/c1-6(16)11-5-10(15(17)18)12(20-11)19-7-2-3-8(13)9(14)4-7/h2-6,16H,1H3/t6-/m1/s1. The molecular formula is C12H9ClFNO4S. The monoisotopic (exact) mass is 317 g/mol. The first-order valence-corrected chi connectivity index (χ1v) is 6.67. The SMILES string of the molecule is C[C@@H](O)c1cc([N+](=O)[O-])c(Oc2ccc(Cl)c(F)c2)s1. The summed E-state index contributed by atoms with van der Waals surface area (Å²) >= 11 is 6.47. The van der Waals surface area contributed by atoms with E-state index in [1.54, 1.807) is 0 Å². The summed E-state index contributed by atoms with van der Waals surface area (Å²) in [6, 6.07) is 4.96. The topological polar surface area (TPSA) is 72.6 Å². The van der Waals surface area contributed by atoms with Crippen LogP contribution in [0.25, 0.3) is 0 Å². The van der Waals surface area contributed by atoms with Crippen molar-refractivity contribution >= 4 is 28.6 Å². The van der Waals surface area contributed by atoms with Crippen molar-refractivity contribution in [3.63, 3.8) is 0 Å². The van der Waals surface area contributed by atoms with Gasteiger partial charge in [0.15, 0.2) is 0 Å². The summed E-state index contributed by atoms with van der Waals surface area (Å²) in [4.78, 5) is 10.7. The number of aliphatic hydroxyl groups excluding tert-OH is 1. The highest BCUT2D eigenvalue weighted by Crippen LogP contribution is 2.42. The van der Waals surface area contributed by atoms with E-state index in [0.29, 0.717) is 4.88 Å². The molecule has 0 fully saturated rings. The summed E-state index contributed by atoms with van der Waals surface area (Å²) in [7, 11) is 0. The van der Waals surface area contributed by atoms with E-state index in [9.17, 15) is 19.6 Å². The van der Waals surface area contributed by atoms with Crippen LogP contribution >= 0.6 is 22.9 Å². The van der Waals surface area contributed by atoms with Gasteiger partial charge < -0.3 is 9.84 Å². The number of nitro groups is 1. The fourth-order valence-corrected chi connectivity index (χ4v) is 2.48. The highest BCUT2D eigenvalue weighted by atomic mass is 35.5. The van der Waals surface area contributed by atoms with Crippen molar-refractivity contribution in [1.29, 1.82) is 0 Å². The molecule has 1 aromatic carbocycles. The van der Waals surface area contributed by atoms with Gasteiger partial charge in [-0.1, -0.05) is 22.9 Å². The molecule has 2 aromatic rings. The maximum Gasteiger partial charge on any atom is 0.323 e. The molecule has 1 N–H and O–H groups in total. The number of rotatable bonds is 4. The van der Waals surface area contributed by atoms with E-state index < -0.39 is 16.8 Å². The summed E-state index contributed by atoms with van der Waals surface area (Å²) in [5.74, 6) is -0.590. The summed E-state index contributed by atoms with van der Waals surface area (Å²) in [5, 5.41) is 20.3. The van der Waals surface area contributed by atoms with Crippen LogP contribution < -0.4 is 4.74 Å². The average molecular weight is 318 g/mol. The van der Waals surface area contributed by atoms with Crippen LogP contribution in [0, 0.1) is 15.9 Å². The Morgan fingerprint density at radius 1 is 1.50 bits per heavy atom. The minimum Gasteiger partial charge on any atom is -0.440 e. The van der Waals surface area contributed by atoms with Crippen molar-refractivity contribution in [1.82, 2.24) is 0 Å². The number of hydrogen-bond donors (Lipinski definition) is 1. The van der Waals surface area contributed by atoms with Gasteiger partial charge in [-0.25, -0.2) is 4.39 Å². The van der Waals surface area contributed by atoms with Crippen molar-refractivity contribution in [2.75, 3.05) is 0 Å². The lowest BCUT2D eigenvalue weighted by atomic mass is 10.3. The second kappa shape index (κ2) is 5.74. The van der Waals surface area contributed by atoms with Gasteiger partial charge in [-0.15, -0.1) is 0 Å². The largest absolute Gasteiger partial charge is 0.440 e. The quantitative estimate of drug-likeness (QED) is 0.674. The highest BCUT2D eigenvalue weighted by molar-refractivity contribution is 7.14. The van der Waals surface area contributed by atoms with Gasteiger partial charge in [0, 0.05) is 17.0 Å². The molecule has 0 unspecified atom stereocenters. The summed E-state index contributed by atoms with van der Waals surface area (Å²) in [6.45, 7) is 1.49. The van der Waals surface area contributed by atoms with E-state index in [1.165, 1.54) is 25.1 Å². The maximum atomic E-state index is 13.3. The van der Waals surface area contributed by atoms with Gasteiger partial charge in [0.25, 0.3) is 5.06 Å². The Morgan fingerprint density at radius 3 is 2.75 bits per heavy atom. The minimum absolute atomic E-state index is 0.0207. The normalized spacial score (nSPS) is 12.2. The first-order valence-electron chi connectivity index (χ1n) is 5.47. The Bertz CT molecular complexity index is 659. The molecule has 0 aliphatic carbocycles. The molecule has 2 rings (SSSR count). The van der Waals surface area contributed by atoms with Crippen LogP contribution in [0.15, 0.2) is 24.3 Å². The van der Waals surface area contributed by atoms with Crippen molar-refractivity contribution in [2.24, 2.45) is 0 Å². The van der Waals surface area contributed by atoms with Gasteiger partial charge in [0.2, 0.25) is 0 Å². The van der Waals surface area contributed by atoms with Crippen molar-refractivity contribution in [2.45, 2.75) is 13.0 Å². The van der Waals surface area contributed by atoms with Gasteiger partial charge in [0.1, 0.15) is 11.6 Å². The van der Waals surface area contributed by atoms with E-state index >= 15 is 0 Å². The number of nitrogens with zero attached hydrogens (tertiary/aromatic N) is 1. The molecule has 0 aliphatic heterocycles. The minimum atomic E-state index is -0.849. The number of benzene rings is 1. The highest BCUT2D eigenvalue weighted by Gasteiger charge is 2.23. The molecule has 0 radical (unpaired) electrons. The third-order valence-corrected chi connectivity index (χ3v) is 3.89. The fourth-order valence-electron chi connectivity index (χ4n) is 1.44. The third kappa shape index (κ3) is 3.06. The molecule has 1 heterocycles. The average Bonchev–Trinajstić information content (AvgIpc) is 2.78. The van der Waals surface area contributed by atoms with Crippen LogP contribution in [0.2, 0.25) is 5.02 Å². The van der Waals surface area contributed by atoms with Gasteiger partial charge in [-0.2, -0.15) is 0 Å². The zero-order chi connectivity index (χ0) is 14.9. The molecule has 106 valence electrons. The van der Waals surface area contributed by atoms with E-state index in [0.717, 1.165) is 17.4 Å². The summed E-state index contributed by atoms with van der Waals surface area (Å²) < 4.78 is 18.6. The maximum absolute atomic E-state index is 13.3. The Kier molecular flexibility index (Phi) is 4.22. The number of aliphatic hydroxyl groups is 1. The molecule has 0 spiro atoms. The van der Waals surface area contributed by atoms with Crippen LogP contribution in [0.3, 0.4) is 0 Å². The molecule has 5 nitrogen and oxygen atoms in total. The zero-order valence-electron chi connectivity index (χ0n) is 10.2. The number of ether oxygens (including phenoxy) is 1. The second-order valence-corrected chi connectivity index (χ2v) is 5.39. The molecule has 0 amide bonds. The zero-order valence-corrected chi connectivity index (χ0v) is 11.7. The molecule has 20 heavy (non-hydrogen) atoms. The van der Waals surface area contributed by atoms with Crippen LogP contribution in [-0.4, -0.2) is 10.0 Å². The van der Waals surface area contributed by atoms with Gasteiger partial charge in [-0.05, 0) is 19.1 Å². The molecule has 0 aliphatic rings. The summed E-state index contributed by atoms with van der Waals surface area (Å²) in [6.07, 6.45) is -0.849. The van der Waals surface area contributed by atoms with Gasteiger partial charge in [-0.3, -0.25) is 10.1 Å².